The van der Waals surface area contributed by atoms with Crippen molar-refractivity contribution in [2.75, 3.05) is 20.2 Å². The van der Waals surface area contributed by atoms with Gasteiger partial charge in [-0.1, -0.05) is 12.1 Å². The fourth-order valence-electron chi connectivity index (χ4n) is 2.40. The number of methoxy groups -OCH3 is 1. The molecule has 0 bridgehead atoms. The molecule has 0 spiro atoms. The zero-order valence-electron chi connectivity index (χ0n) is 10.7. The molecule has 0 amide bonds. The van der Waals surface area contributed by atoms with Crippen LogP contribution in [0.2, 0.25) is 0 Å². The zero-order chi connectivity index (χ0) is 12.3. The molecule has 1 fully saturated rings. The molecule has 2 rings (SSSR count). The Morgan fingerprint density at radius 2 is 1.82 bits per heavy atom. The van der Waals surface area contributed by atoms with Crippen LogP contribution in [0.25, 0.3) is 0 Å². The highest BCUT2D eigenvalue weighted by atomic mass is 16.5. The van der Waals surface area contributed by atoms with E-state index in [1.807, 2.05) is 12.1 Å². The van der Waals surface area contributed by atoms with Crippen molar-refractivity contribution in [2.45, 2.75) is 31.8 Å². The molecule has 0 radical (unpaired) electrons. The van der Waals surface area contributed by atoms with Crippen molar-refractivity contribution in [1.29, 1.82) is 0 Å². The van der Waals surface area contributed by atoms with E-state index in [0.29, 0.717) is 12.1 Å². The van der Waals surface area contributed by atoms with Gasteiger partial charge in [-0.05, 0) is 37.5 Å². The summed E-state index contributed by atoms with van der Waals surface area (Å²) in [6.45, 7) is 4.47. The lowest BCUT2D eigenvalue weighted by molar-refractivity contribution is 0.163. The summed E-state index contributed by atoms with van der Waals surface area (Å²) < 4.78 is 5.18. The zero-order valence-corrected chi connectivity index (χ0v) is 10.7. The summed E-state index contributed by atoms with van der Waals surface area (Å²) in [6, 6.07) is 9.22. The van der Waals surface area contributed by atoms with Crippen molar-refractivity contribution < 1.29 is 4.74 Å². The Hall–Kier alpha value is -1.06. The van der Waals surface area contributed by atoms with Gasteiger partial charge >= 0.3 is 0 Å². The second-order valence-electron chi connectivity index (χ2n) is 4.82. The number of hydrogen-bond acceptors (Lipinski definition) is 3. The van der Waals surface area contributed by atoms with Gasteiger partial charge in [0.2, 0.25) is 0 Å². The van der Waals surface area contributed by atoms with Crippen LogP contribution in [-0.2, 0) is 0 Å². The van der Waals surface area contributed by atoms with Crippen LogP contribution in [0, 0.1) is 0 Å². The first-order valence-corrected chi connectivity index (χ1v) is 6.34. The molecule has 17 heavy (non-hydrogen) atoms. The number of piperidine rings is 1. The SMILES string of the molecule is COc1ccc(C(C)N2CCC(N)CC2)cc1. The van der Waals surface area contributed by atoms with Crippen LogP contribution in [-0.4, -0.2) is 31.1 Å². The molecule has 1 saturated heterocycles. The van der Waals surface area contributed by atoms with Gasteiger partial charge in [-0.2, -0.15) is 0 Å². The van der Waals surface area contributed by atoms with E-state index in [-0.39, 0.29) is 0 Å². The normalized spacial score (nSPS) is 20.2. The maximum absolute atomic E-state index is 5.93. The number of nitrogens with zero attached hydrogens (tertiary/aromatic N) is 1. The molecule has 94 valence electrons. The van der Waals surface area contributed by atoms with Gasteiger partial charge in [-0.25, -0.2) is 0 Å². The molecule has 0 aromatic heterocycles. The van der Waals surface area contributed by atoms with Gasteiger partial charge in [0.1, 0.15) is 5.75 Å². The highest BCUT2D eigenvalue weighted by Crippen LogP contribution is 2.25. The first kappa shape index (κ1) is 12.4. The third kappa shape index (κ3) is 2.99. The summed E-state index contributed by atoms with van der Waals surface area (Å²) in [7, 11) is 1.70. The Bertz CT molecular complexity index is 342. The highest BCUT2D eigenvalue weighted by Gasteiger charge is 2.21. The van der Waals surface area contributed by atoms with E-state index >= 15 is 0 Å². The van der Waals surface area contributed by atoms with Gasteiger partial charge < -0.3 is 10.5 Å². The van der Waals surface area contributed by atoms with Crippen LogP contribution in [0.5, 0.6) is 5.75 Å². The lowest BCUT2D eigenvalue weighted by Crippen LogP contribution is -2.40. The maximum atomic E-state index is 5.93. The van der Waals surface area contributed by atoms with Crippen molar-refractivity contribution in [3.63, 3.8) is 0 Å². The standard InChI is InChI=1S/C14H22N2O/c1-11(16-9-7-13(15)8-10-16)12-3-5-14(17-2)6-4-12/h3-6,11,13H,7-10,15H2,1-2H3. The van der Waals surface area contributed by atoms with Crippen LogP contribution >= 0.6 is 0 Å². The Balaban J connectivity index is 2.00. The molecule has 1 aliphatic rings. The van der Waals surface area contributed by atoms with E-state index in [1.54, 1.807) is 7.11 Å². The minimum Gasteiger partial charge on any atom is -0.497 e. The molecular formula is C14H22N2O. The van der Waals surface area contributed by atoms with Crippen LogP contribution in [0.3, 0.4) is 0 Å². The molecule has 1 atom stereocenters. The quantitative estimate of drug-likeness (QED) is 0.871. The van der Waals surface area contributed by atoms with Crippen LogP contribution in [0.4, 0.5) is 0 Å². The van der Waals surface area contributed by atoms with Gasteiger partial charge in [0.05, 0.1) is 7.11 Å². The Morgan fingerprint density at radius 3 is 2.35 bits per heavy atom. The minimum absolute atomic E-state index is 0.398. The van der Waals surface area contributed by atoms with Gasteiger partial charge in [-0.3, -0.25) is 4.90 Å². The van der Waals surface area contributed by atoms with Crippen LogP contribution < -0.4 is 10.5 Å². The average Bonchev–Trinajstić information content (AvgIpc) is 2.39. The predicted octanol–water partition coefficient (Wildman–Crippen LogP) is 2.18. The third-order valence-corrected chi connectivity index (χ3v) is 3.72. The fourth-order valence-corrected chi connectivity index (χ4v) is 2.40. The van der Waals surface area contributed by atoms with Crippen molar-refractivity contribution in [2.24, 2.45) is 5.73 Å². The predicted molar refractivity (Wildman–Crippen MR) is 70.2 cm³/mol. The first-order valence-electron chi connectivity index (χ1n) is 6.34. The Kier molecular flexibility index (Phi) is 4.02. The van der Waals surface area contributed by atoms with Crippen molar-refractivity contribution in [3.8, 4) is 5.75 Å². The van der Waals surface area contributed by atoms with E-state index in [9.17, 15) is 0 Å². The summed E-state index contributed by atoms with van der Waals surface area (Å²) in [6.07, 6.45) is 2.22. The summed E-state index contributed by atoms with van der Waals surface area (Å²) in [5.41, 5.74) is 7.28. The second kappa shape index (κ2) is 5.52. The lowest BCUT2D eigenvalue weighted by Gasteiger charge is -2.35. The Morgan fingerprint density at radius 1 is 1.24 bits per heavy atom. The summed E-state index contributed by atoms with van der Waals surface area (Å²) in [5.74, 6) is 0.918. The summed E-state index contributed by atoms with van der Waals surface area (Å²) >= 11 is 0. The largest absolute Gasteiger partial charge is 0.497 e. The molecular weight excluding hydrogens is 212 g/mol. The minimum atomic E-state index is 0.398. The molecule has 1 aliphatic heterocycles. The highest BCUT2D eigenvalue weighted by molar-refractivity contribution is 5.28. The van der Waals surface area contributed by atoms with Crippen molar-refractivity contribution in [1.82, 2.24) is 4.90 Å². The van der Waals surface area contributed by atoms with E-state index in [0.717, 1.165) is 31.7 Å². The summed E-state index contributed by atoms with van der Waals surface area (Å²) in [5, 5.41) is 0. The number of nitrogens with two attached hydrogens (primary N) is 1. The molecule has 0 aliphatic carbocycles. The third-order valence-electron chi connectivity index (χ3n) is 3.72. The van der Waals surface area contributed by atoms with Gasteiger partial charge in [0.25, 0.3) is 0 Å². The average molecular weight is 234 g/mol. The Labute approximate surface area is 104 Å². The first-order chi connectivity index (χ1) is 8.20. The smallest absolute Gasteiger partial charge is 0.118 e. The molecule has 2 N–H and O–H groups in total. The van der Waals surface area contributed by atoms with E-state index in [4.69, 9.17) is 10.5 Å². The number of ether oxygens (including phenoxy) is 1. The monoisotopic (exact) mass is 234 g/mol. The molecule has 3 nitrogen and oxygen atoms in total. The van der Waals surface area contributed by atoms with Crippen molar-refractivity contribution in [3.05, 3.63) is 29.8 Å². The molecule has 1 aromatic rings. The molecule has 1 unspecified atom stereocenters. The maximum Gasteiger partial charge on any atom is 0.118 e. The lowest BCUT2D eigenvalue weighted by atomic mass is 10.0. The number of benzene rings is 1. The van der Waals surface area contributed by atoms with E-state index in [1.165, 1.54) is 5.56 Å². The molecule has 1 aromatic carbocycles. The number of hydrogen-bond donors (Lipinski definition) is 1. The molecule has 3 heteroatoms. The molecule has 1 heterocycles. The van der Waals surface area contributed by atoms with E-state index < -0.39 is 0 Å². The van der Waals surface area contributed by atoms with Gasteiger partial charge in [0.15, 0.2) is 0 Å². The van der Waals surface area contributed by atoms with Gasteiger partial charge in [0, 0.05) is 25.2 Å². The van der Waals surface area contributed by atoms with Crippen LogP contribution in [0.1, 0.15) is 31.4 Å². The van der Waals surface area contributed by atoms with Crippen molar-refractivity contribution >= 4 is 0 Å². The van der Waals surface area contributed by atoms with E-state index in [2.05, 4.69) is 24.0 Å². The number of likely N-dealkylation sites (tertiary alicyclic amines) is 1. The van der Waals surface area contributed by atoms with Crippen LogP contribution in [0.15, 0.2) is 24.3 Å². The molecule has 0 saturated carbocycles. The number of rotatable bonds is 3. The second-order valence-corrected chi connectivity index (χ2v) is 4.82. The van der Waals surface area contributed by atoms with Gasteiger partial charge in [-0.15, -0.1) is 0 Å². The fraction of sp³-hybridized carbons (Fsp3) is 0.571. The topological polar surface area (TPSA) is 38.5 Å². The summed E-state index contributed by atoms with van der Waals surface area (Å²) in [4.78, 5) is 2.51.